The van der Waals surface area contributed by atoms with Gasteiger partial charge in [-0.3, -0.25) is 0 Å². The summed E-state index contributed by atoms with van der Waals surface area (Å²) in [5, 5.41) is 0. The first-order valence-electron chi connectivity index (χ1n) is 5.83. The molecule has 0 amide bonds. The Bertz CT molecular complexity index is 322. The van der Waals surface area contributed by atoms with Crippen molar-refractivity contribution in [3.05, 3.63) is 23.9 Å². The number of nitrogens with two attached hydrogens (primary N) is 1. The van der Waals surface area contributed by atoms with Crippen molar-refractivity contribution in [3.8, 4) is 0 Å². The summed E-state index contributed by atoms with van der Waals surface area (Å²) < 4.78 is 10.8. The summed E-state index contributed by atoms with van der Waals surface area (Å²) in [5.41, 5.74) is 6.50. The number of nitrogens with zero attached hydrogens (tertiary/aromatic N) is 1. The molecule has 4 nitrogen and oxygen atoms in total. The van der Waals surface area contributed by atoms with Crippen molar-refractivity contribution in [2.24, 2.45) is 0 Å². The second kappa shape index (κ2) is 6.73. The van der Waals surface area contributed by atoms with Gasteiger partial charge in [-0.25, -0.2) is 4.98 Å². The normalized spacial score (nSPS) is 11.7. The van der Waals surface area contributed by atoms with Crippen LogP contribution in [0.3, 0.4) is 0 Å². The van der Waals surface area contributed by atoms with E-state index in [1.165, 1.54) is 6.04 Å². The molecule has 0 saturated heterocycles. The van der Waals surface area contributed by atoms with Gasteiger partial charge in [0.25, 0.3) is 0 Å². The molecule has 0 atom stereocenters. The van der Waals surface area contributed by atoms with Gasteiger partial charge in [-0.1, -0.05) is 25.7 Å². The topological polar surface area (TPSA) is 57.4 Å². The lowest BCUT2D eigenvalue weighted by molar-refractivity contribution is -0.0573. The molecule has 0 spiro atoms. The minimum absolute atomic E-state index is 0.342. The van der Waals surface area contributed by atoms with Gasteiger partial charge < -0.3 is 15.2 Å². The molecule has 0 bridgehead atoms. The quantitative estimate of drug-likeness (QED) is 0.461. The molecule has 0 aliphatic carbocycles. The Morgan fingerprint density at radius 2 is 2.00 bits per heavy atom. The van der Waals surface area contributed by atoms with E-state index >= 15 is 0 Å². The molecule has 0 aromatic carbocycles. The molecule has 1 heterocycles. The monoisotopic (exact) mass is 254 g/mol. The molecular formula is C12H22N2O2Si. The van der Waals surface area contributed by atoms with E-state index in [4.69, 9.17) is 15.2 Å². The zero-order valence-electron chi connectivity index (χ0n) is 10.9. The zero-order chi connectivity index (χ0) is 12.7. The molecule has 0 saturated carbocycles. The average molecular weight is 254 g/mol. The van der Waals surface area contributed by atoms with E-state index in [-0.39, 0.29) is 0 Å². The molecule has 0 fully saturated rings. The molecule has 17 heavy (non-hydrogen) atoms. The highest BCUT2D eigenvalue weighted by Gasteiger charge is 2.11. The van der Waals surface area contributed by atoms with Gasteiger partial charge in [0.15, 0.2) is 0 Å². The molecular weight excluding hydrogens is 232 g/mol. The fraction of sp³-hybridized carbons (Fsp3) is 0.583. The van der Waals surface area contributed by atoms with Crippen LogP contribution in [-0.4, -0.2) is 26.5 Å². The number of aromatic nitrogens is 1. The molecule has 1 rings (SSSR count). The minimum atomic E-state index is -0.992. The molecule has 2 N–H and O–H groups in total. The number of hydrogen-bond acceptors (Lipinski definition) is 4. The Balaban J connectivity index is 2.07. The predicted octanol–water partition coefficient (Wildman–Crippen LogP) is 2.49. The van der Waals surface area contributed by atoms with Gasteiger partial charge in [-0.05, 0) is 17.7 Å². The Morgan fingerprint density at radius 3 is 2.59 bits per heavy atom. The largest absolute Gasteiger partial charge is 0.384 e. The van der Waals surface area contributed by atoms with Crippen LogP contribution >= 0.6 is 0 Å². The second-order valence-corrected chi connectivity index (χ2v) is 10.9. The Hall–Kier alpha value is -0.913. The van der Waals surface area contributed by atoms with Crippen LogP contribution in [0, 0.1) is 0 Å². The summed E-state index contributed by atoms with van der Waals surface area (Å²) in [6.07, 6.45) is 1.72. The van der Waals surface area contributed by atoms with E-state index < -0.39 is 8.07 Å². The predicted molar refractivity (Wildman–Crippen MR) is 72.4 cm³/mol. The lowest BCUT2D eigenvalue weighted by Crippen LogP contribution is -2.22. The van der Waals surface area contributed by atoms with Gasteiger partial charge in [0.05, 0.1) is 6.61 Å². The van der Waals surface area contributed by atoms with Crippen LogP contribution in [0.15, 0.2) is 18.3 Å². The van der Waals surface area contributed by atoms with Crippen LogP contribution < -0.4 is 5.73 Å². The molecule has 1 aromatic rings. The number of ether oxygens (including phenoxy) is 2. The van der Waals surface area contributed by atoms with Crippen molar-refractivity contribution in [2.75, 3.05) is 19.1 Å². The number of anilines is 1. The van der Waals surface area contributed by atoms with Crippen molar-refractivity contribution in [1.82, 2.24) is 4.98 Å². The first-order valence-corrected chi connectivity index (χ1v) is 9.54. The summed E-state index contributed by atoms with van der Waals surface area (Å²) in [4.78, 5) is 3.99. The van der Waals surface area contributed by atoms with Crippen LogP contribution in [0.5, 0.6) is 0 Å². The maximum Gasteiger partial charge on any atom is 0.147 e. The third-order valence-electron chi connectivity index (χ3n) is 2.28. The average Bonchev–Trinajstić information content (AvgIpc) is 2.24. The Labute approximate surface area is 104 Å². The number of rotatable bonds is 7. The van der Waals surface area contributed by atoms with Gasteiger partial charge in [0.2, 0.25) is 0 Å². The van der Waals surface area contributed by atoms with Crippen LogP contribution in [0.2, 0.25) is 25.7 Å². The van der Waals surface area contributed by atoms with E-state index in [2.05, 4.69) is 24.6 Å². The smallest absolute Gasteiger partial charge is 0.147 e. The van der Waals surface area contributed by atoms with E-state index in [9.17, 15) is 0 Å². The van der Waals surface area contributed by atoms with Gasteiger partial charge in [-0.2, -0.15) is 0 Å². The number of hydrogen-bond donors (Lipinski definition) is 1. The lowest BCUT2D eigenvalue weighted by atomic mass is 10.3. The summed E-state index contributed by atoms with van der Waals surface area (Å²) >= 11 is 0. The first-order chi connectivity index (χ1) is 7.97. The summed E-state index contributed by atoms with van der Waals surface area (Å²) in [6.45, 7) is 8.64. The van der Waals surface area contributed by atoms with Crippen molar-refractivity contribution in [2.45, 2.75) is 32.3 Å². The number of pyridine rings is 1. The van der Waals surface area contributed by atoms with Gasteiger partial charge in [-0.15, -0.1) is 0 Å². The van der Waals surface area contributed by atoms with Gasteiger partial charge in [0.1, 0.15) is 12.6 Å². The van der Waals surface area contributed by atoms with Crippen molar-refractivity contribution >= 4 is 13.9 Å². The van der Waals surface area contributed by atoms with Gasteiger partial charge in [0, 0.05) is 20.9 Å². The highest BCUT2D eigenvalue weighted by Crippen LogP contribution is 2.07. The highest BCUT2D eigenvalue weighted by atomic mass is 28.3. The van der Waals surface area contributed by atoms with Crippen LogP contribution in [0.1, 0.15) is 5.56 Å². The lowest BCUT2D eigenvalue weighted by Gasteiger charge is -2.15. The standard InChI is InChI=1S/C12H22N2O2Si/c1-17(2,3)7-6-15-10-16-9-11-4-5-12(13)14-8-11/h4-5,8H,6-7,9-10H2,1-3H3,(H2,13,14). The van der Waals surface area contributed by atoms with Crippen molar-refractivity contribution in [3.63, 3.8) is 0 Å². The van der Waals surface area contributed by atoms with Crippen LogP contribution in [0.4, 0.5) is 5.82 Å². The van der Waals surface area contributed by atoms with E-state index in [0.717, 1.165) is 12.2 Å². The molecule has 1 aromatic heterocycles. The molecule has 96 valence electrons. The number of nitrogen functional groups attached to an aromatic ring is 1. The van der Waals surface area contributed by atoms with Crippen LogP contribution in [0.25, 0.3) is 0 Å². The van der Waals surface area contributed by atoms with E-state index in [1.54, 1.807) is 12.3 Å². The molecule has 0 radical (unpaired) electrons. The van der Waals surface area contributed by atoms with Crippen molar-refractivity contribution < 1.29 is 9.47 Å². The maximum absolute atomic E-state index is 5.49. The third-order valence-corrected chi connectivity index (χ3v) is 3.98. The van der Waals surface area contributed by atoms with E-state index in [0.29, 0.717) is 19.2 Å². The molecule has 0 aliphatic heterocycles. The zero-order valence-corrected chi connectivity index (χ0v) is 11.9. The minimum Gasteiger partial charge on any atom is -0.384 e. The highest BCUT2D eigenvalue weighted by molar-refractivity contribution is 6.76. The Morgan fingerprint density at radius 1 is 1.24 bits per heavy atom. The van der Waals surface area contributed by atoms with Crippen LogP contribution in [-0.2, 0) is 16.1 Å². The fourth-order valence-electron chi connectivity index (χ4n) is 1.18. The summed E-state index contributed by atoms with van der Waals surface area (Å²) in [6, 6.07) is 4.84. The molecule has 5 heteroatoms. The fourth-order valence-corrected chi connectivity index (χ4v) is 1.93. The SMILES string of the molecule is C[Si](C)(C)CCOCOCc1ccc(N)nc1. The van der Waals surface area contributed by atoms with Crippen molar-refractivity contribution in [1.29, 1.82) is 0 Å². The summed E-state index contributed by atoms with van der Waals surface area (Å²) in [7, 11) is -0.992. The summed E-state index contributed by atoms with van der Waals surface area (Å²) in [5.74, 6) is 0.528. The second-order valence-electron chi connectivity index (χ2n) is 5.28. The molecule has 0 unspecified atom stereocenters. The van der Waals surface area contributed by atoms with Gasteiger partial charge >= 0.3 is 0 Å². The maximum atomic E-state index is 5.49. The van der Waals surface area contributed by atoms with E-state index in [1.807, 2.05) is 6.07 Å². The first kappa shape index (κ1) is 14.1. The third kappa shape index (κ3) is 7.09. The molecule has 0 aliphatic rings. The Kier molecular flexibility index (Phi) is 5.60.